The van der Waals surface area contributed by atoms with Crippen LogP contribution in [0.25, 0.3) is 5.69 Å². The number of furan rings is 1. The predicted molar refractivity (Wildman–Crippen MR) is 97.7 cm³/mol. The molecule has 0 saturated carbocycles. The third kappa shape index (κ3) is 3.27. The summed E-state index contributed by atoms with van der Waals surface area (Å²) in [7, 11) is 0. The number of hydrogen-bond acceptors (Lipinski definition) is 5. The number of rotatable bonds is 6. The summed E-state index contributed by atoms with van der Waals surface area (Å²) in [6.45, 7) is 2.63. The molecule has 2 aromatic carbocycles. The molecular formula is C20H19N5O. The van der Waals surface area contributed by atoms with Gasteiger partial charge in [-0.3, -0.25) is 5.32 Å². The van der Waals surface area contributed by atoms with Crippen molar-refractivity contribution in [3.63, 3.8) is 0 Å². The van der Waals surface area contributed by atoms with Crippen molar-refractivity contribution < 1.29 is 4.42 Å². The highest BCUT2D eigenvalue weighted by atomic mass is 16.3. The molecule has 6 heteroatoms. The second kappa shape index (κ2) is 7.33. The standard InChI is InChI=1S/C20H19N5O/c1-15-8-5-6-12-18(15)25-20(22-23-24-25)19(16-9-3-2-4-10-16)21-14-17-11-7-13-26-17/h2-13,19,21H,14H2,1H3/t19-/m1/s1. The van der Waals surface area contributed by atoms with Gasteiger partial charge in [0.2, 0.25) is 0 Å². The van der Waals surface area contributed by atoms with Crippen LogP contribution >= 0.6 is 0 Å². The van der Waals surface area contributed by atoms with Crippen molar-refractivity contribution in [3.8, 4) is 5.69 Å². The second-order valence-electron chi connectivity index (χ2n) is 6.04. The van der Waals surface area contributed by atoms with E-state index in [1.54, 1.807) is 10.9 Å². The van der Waals surface area contributed by atoms with E-state index in [9.17, 15) is 0 Å². The number of tetrazole rings is 1. The Morgan fingerprint density at radius 3 is 2.58 bits per heavy atom. The number of aromatic nitrogens is 4. The highest BCUT2D eigenvalue weighted by Gasteiger charge is 2.22. The minimum absolute atomic E-state index is 0.170. The number of nitrogens with one attached hydrogen (secondary N) is 1. The normalized spacial score (nSPS) is 12.2. The highest BCUT2D eigenvalue weighted by Crippen LogP contribution is 2.23. The van der Waals surface area contributed by atoms with E-state index >= 15 is 0 Å². The minimum Gasteiger partial charge on any atom is -0.468 e. The Morgan fingerprint density at radius 1 is 1.00 bits per heavy atom. The van der Waals surface area contributed by atoms with Gasteiger partial charge in [-0.1, -0.05) is 48.5 Å². The maximum Gasteiger partial charge on any atom is 0.178 e. The highest BCUT2D eigenvalue weighted by molar-refractivity contribution is 5.40. The molecule has 0 saturated heterocycles. The van der Waals surface area contributed by atoms with Crippen LogP contribution in [0, 0.1) is 6.92 Å². The predicted octanol–water partition coefficient (Wildman–Crippen LogP) is 3.44. The topological polar surface area (TPSA) is 68.8 Å². The van der Waals surface area contributed by atoms with E-state index in [4.69, 9.17) is 4.42 Å². The van der Waals surface area contributed by atoms with E-state index in [0.29, 0.717) is 6.54 Å². The summed E-state index contributed by atoms with van der Waals surface area (Å²) in [4.78, 5) is 0. The van der Waals surface area contributed by atoms with Crippen LogP contribution in [-0.2, 0) is 6.54 Å². The van der Waals surface area contributed by atoms with Crippen molar-refractivity contribution in [1.29, 1.82) is 0 Å². The van der Waals surface area contributed by atoms with Crippen LogP contribution in [-0.4, -0.2) is 20.2 Å². The van der Waals surface area contributed by atoms with Crippen molar-refractivity contribution in [2.24, 2.45) is 0 Å². The first-order valence-electron chi connectivity index (χ1n) is 8.48. The number of benzene rings is 2. The van der Waals surface area contributed by atoms with Crippen molar-refractivity contribution in [2.75, 3.05) is 0 Å². The maximum absolute atomic E-state index is 5.45. The van der Waals surface area contributed by atoms with E-state index < -0.39 is 0 Å². The van der Waals surface area contributed by atoms with Gasteiger partial charge in [-0.2, -0.15) is 4.68 Å². The van der Waals surface area contributed by atoms with Crippen LogP contribution in [0.1, 0.15) is 28.8 Å². The van der Waals surface area contributed by atoms with Gasteiger partial charge in [0.1, 0.15) is 5.76 Å². The number of para-hydroxylation sites is 1. The molecule has 0 radical (unpaired) electrons. The second-order valence-corrected chi connectivity index (χ2v) is 6.04. The fraction of sp³-hybridized carbons (Fsp3) is 0.150. The van der Waals surface area contributed by atoms with Crippen molar-refractivity contribution in [3.05, 3.63) is 95.7 Å². The Labute approximate surface area is 151 Å². The SMILES string of the molecule is Cc1ccccc1-n1nnnc1[C@H](NCc1ccco1)c1ccccc1. The Morgan fingerprint density at radius 2 is 1.81 bits per heavy atom. The van der Waals surface area contributed by atoms with Gasteiger partial charge in [-0.05, 0) is 46.7 Å². The molecule has 0 spiro atoms. The van der Waals surface area contributed by atoms with Crippen molar-refractivity contribution >= 4 is 0 Å². The zero-order chi connectivity index (χ0) is 17.8. The van der Waals surface area contributed by atoms with Crippen LogP contribution in [0.15, 0.2) is 77.4 Å². The molecule has 0 amide bonds. The lowest BCUT2D eigenvalue weighted by Crippen LogP contribution is -2.25. The van der Waals surface area contributed by atoms with E-state index in [2.05, 4.69) is 46.0 Å². The number of nitrogens with zero attached hydrogens (tertiary/aromatic N) is 4. The third-order valence-corrected chi connectivity index (χ3v) is 4.29. The minimum atomic E-state index is -0.170. The van der Waals surface area contributed by atoms with Crippen LogP contribution in [0.2, 0.25) is 0 Å². The smallest absolute Gasteiger partial charge is 0.178 e. The van der Waals surface area contributed by atoms with Gasteiger partial charge in [0.25, 0.3) is 0 Å². The Balaban J connectivity index is 1.73. The summed E-state index contributed by atoms with van der Waals surface area (Å²) in [5.74, 6) is 1.60. The van der Waals surface area contributed by atoms with E-state index in [1.165, 1.54) is 0 Å². The van der Waals surface area contributed by atoms with E-state index in [0.717, 1.165) is 28.4 Å². The van der Waals surface area contributed by atoms with E-state index in [1.807, 2.05) is 48.5 Å². The molecule has 0 unspecified atom stereocenters. The quantitative estimate of drug-likeness (QED) is 0.580. The van der Waals surface area contributed by atoms with Crippen molar-refractivity contribution in [1.82, 2.24) is 25.5 Å². The lowest BCUT2D eigenvalue weighted by atomic mass is 10.1. The van der Waals surface area contributed by atoms with Crippen LogP contribution in [0.4, 0.5) is 0 Å². The molecule has 6 nitrogen and oxygen atoms in total. The number of hydrogen-bond donors (Lipinski definition) is 1. The summed E-state index contributed by atoms with van der Waals surface area (Å²) in [5, 5.41) is 16.0. The lowest BCUT2D eigenvalue weighted by Gasteiger charge is -2.18. The largest absolute Gasteiger partial charge is 0.468 e. The molecule has 2 aromatic heterocycles. The third-order valence-electron chi connectivity index (χ3n) is 4.29. The molecule has 130 valence electrons. The molecule has 0 bridgehead atoms. The van der Waals surface area contributed by atoms with Gasteiger partial charge in [-0.25, -0.2) is 0 Å². The van der Waals surface area contributed by atoms with Crippen LogP contribution in [0.5, 0.6) is 0 Å². The van der Waals surface area contributed by atoms with Gasteiger partial charge in [0.15, 0.2) is 5.82 Å². The molecule has 0 aliphatic heterocycles. The molecule has 2 heterocycles. The molecule has 0 aliphatic rings. The Kier molecular flexibility index (Phi) is 4.57. The first kappa shape index (κ1) is 16.2. The average molecular weight is 345 g/mol. The lowest BCUT2D eigenvalue weighted by molar-refractivity contribution is 0.460. The van der Waals surface area contributed by atoms with Gasteiger partial charge >= 0.3 is 0 Å². The fourth-order valence-corrected chi connectivity index (χ4v) is 2.97. The van der Waals surface area contributed by atoms with Gasteiger partial charge in [-0.15, -0.1) is 5.10 Å². The molecular weight excluding hydrogens is 326 g/mol. The molecule has 1 atom stereocenters. The molecule has 0 aliphatic carbocycles. The van der Waals surface area contributed by atoms with Gasteiger partial charge in [0.05, 0.1) is 24.5 Å². The van der Waals surface area contributed by atoms with E-state index in [-0.39, 0.29) is 6.04 Å². The monoisotopic (exact) mass is 345 g/mol. The maximum atomic E-state index is 5.45. The summed E-state index contributed by atoms with van der Waals surface area (Å²) in [5.41, 5.74) is 3.16. The van der Waals surface area contributed by atoms with Crippen LogP contribution in [0.3, 0.4) is 0 Å². The molecule has 4 aromatic rings. The fourth-order valence-electron chi connectivity index (χ4n) is 2.97. The number of aryl methyl sites for hydroxylation is 1. The molecule has 1 N–H and O–H groups in total. The van der Waals surface area contributed by atoms with Gasteiger partial charge in [0, 0.05) is 0 Å². The summed E-state index contributed by atoms with van der Waals surface area (Å²) < 4.78 is 7.24. The van der Waals surface area contributed by atoms with Gasteiger partial charge < -0.3 is 4.42 Å². The average Bonchev–Trinajstić information content (AvgIpc) is 3.36. The Bertz CT molecular complexity index is 963. The molecule has 26 heavy (non-hydrogen) atoms. The van der Waals surface area contributed by atoms with Crippen molar-refractivity contribution in [2.45, 2.75) is 19.5 Å². The molecule has 0 fully saturated rings. The van der Waals surface area contributed by atoms with Crippen LogP contribution < -0.4 is 5.32 Å². The zero-order valence-corrected chi connectivity index (χ0v) is 14.4. The summed E-state index contributed by atoms with van der Waals surface area (Å²) in [6.07, 6.45) is 1.67. The first-order valence-corrected chi connectivity index (χ1v) is 8.48. The molecule has 4 rings (SSSR count). The summed E-state index contributed by atoms with van der Waals surface area (Å²) in [6, 6.07) is 21.9. The zero-order valence-electron chi connectivity index (χ0n) is 14.4. The first-order chi connectivity index (χ1) is 12.8. The summed E-state index contributed by atoms with van der Waals surface area (Å²) >= 11 is 0. The Hall–Kier alpha value is -3.25.